The fraction of sp³-hybridized carbons (Fsp3) is 0.435. The van der Waals surface area contributed by atoms with Gasteiger partial charge in [-0.2, -0.15) is 5.26 Å². The first-order valence-corrected chi connectivity index (χ1v) is 10.1. The average molecular weight is 409 g/mol. The van der Waals surface area contributed by atoms with Crippen LogP contribution in [-0.2, 0) is 17.9 Å². The van der Waals surface area contributed by atoms with Crippen molar-refractivity contribution in [2.24, 2.45) is 5.92 Å². The summed E-state index contributed by atoms with van der Waals surface area (Å²) in [6.07, 6.45) is -0.0200. The zero-order valence-electron chi connectivity index (χ0n) is 17.9. The number of likely N-dealkylation sites (tertiary alicyclic amines) is 1. The summed E-state index contributed by atoms with van der Waals surface area (Å²) in [4.78, 5) is 18.2. The summed E-state index contributed by atoms with van der Waals surface area (Å²) in [6, 6.07) is 11.7. The number of amides is 1. The van der Waals surface area contributed by atoms with Gasteiger partial charge in [0, 0.05) is 26.7 Å². The van der Waals surface area contributed by atoms with Crippen molar-refractivity contribution in [3.8, 4) is 17.6 Å². The summed E-state index contributed by atoms with van der Waals surface area (Å²) in [5.41, 5.74) is 3.30. The van der Waals surface area contributed by atoms with E-state index in [4.69, 9.17) is 9.47 Å². The lowest BCUT2D eigenvalue weighted by molar-refractivity contribution is -0.129. The van der Waals surface area contributed by atoms with Crippen LogP contribution in [0.3, 0.4) is 0 Å². The highest BCUT2D eigenvalue weighted by Crippen LogP contribution is 2.24. The summed E-state index contributed by atoms with van der Waals surface area (Å²) >= 11 is 0. The maximum Gasteiger partial charge on any atom is 0.225 e. The SMILES string of the molecule is CNC(=O)C1CN(Cc2ccc(OCc3ccc(OC(C)C)c(C#N)n3)cc2C)C1. The first-order valence-electron chi connectivity index (χ1n) is 10.1. The number of nitrogens with one attached hydrogen (secondary N) is 1. The monoisotopic (exact) mass is 408 g/mol. The van der Waals surface area contributed by atoms with Gasteiger partial charge < -0.3 is 14.8 Å². The number of hydrogen-bond donors (Lipinski definition) is 1. The minimum absolute atomic E-state index is 0.0200. The molecule has 2 aromatic rings. The van der Waals surface area contributed by atoms with Crippen molar-refractivity contribution in [2.75, 3.05) is 20.1 Å². The van der Waals surface area contributed by atoms with Crippen molar-refractivity contribution in [2.45, 2.75) is 40.0 Å². The number of nitriles is 1. The molecule has 1 aliphatic rings. The number of rotatable bonds is 8. The molecule has 1 aromatic heterocycles. The smallest absolute Gasteiger partial charge is 0.225 e. The molecule has 0 aliphatic carbocycles. The molecule has 1 saturated heterocycles. The Morgan fingerprint density at radius 2 is 2.10 bits per heavy atom. The Morgan fingerprint density at radius 1 is 1.33 bits per heavy atom. The molecule has 3 rings (SSSR count). The van der Waals surface area contributed by atoms with Crippen LogP contribution in [0.25, 0.3) is 0 Å². The molecule has 0 atom stereocenters. The van der Waals surface area contributed by atoms with Crippen LogP contribution in [-0.4, -0.2) is 42.0 Å². The van der Waals surface area contributed by atoms with Crippen LogP contribution >= 0.6 is 0 Å². The topological polar surface area (TPSA) is 87.5 Å². The number of benzene rings is 1. The molecule has 2 heterocycles. The highest BCUT2D eigenvalue weighted by Gasteiger charge is 2.31. The Labute approximate surface area is 177 Å². The molecule has 0 unspecified atom stereocenters. The predicted molar refractivity (Wildman–Crippen MR) is 113 cm³/mol. The van der Waals surface area contributed by atoms with Gasteiger partial charge in [0.15, 0.2) is 11.4 Å². The molecule has 1 aliphatic heterocycles. The minimum atomic E-state index is -0.0200. The Kier molecular flexibility index (Phi) is 6.91. The second-order valence-electron chi connectivity index (χ2n) is 7.81. The van der Waals surface area contributed by atoms with E-state index in [0.717, 1.165) is 30.9 Å². The predicted octanol–water partition coefficient (Wildman–Crippen LogP) is 2.81. The summed E-state index contributed by atoms with van der Waals surface area (Å²) in [7, 11) is 1.68. The summed E-state index contributed by atoms with van der Waals surface area (Å²) in [6.45, 7) is 8.56. The highest BCUT2D eigenvalue weighted by atomic mass is 16.5. The fourth-order valence-electron chi connectivity index (χ4n) is 3.40. The number of carbonyl (C=O) groups is 1. The number of pyridine rings is 1. The van der Waals surface area contributed by atoms with Gasteiger partial charge in [0.1, 0.15) is 18.4 Å². The van der Waals surface area contributed by atoms with Gasteiger partial charge in [-0.3, -0.25) is 9.69 Å². The summed E-state index contributed by atoms with van der Waals surface area (Å²) in [5, 5.41) is 12.0. The van der Waals surface area contributed by atoms with E-state index in [2.05, 4.69) is 34.3 Å². The molecule has 30 heavy (non-hydrogen) atoms. The molecule has 1 aromatic carbocycles. The van der Waals surface area contributed by atoms with E-state index in [1.54, 1.807) is 13.1 Å². The molecule has 1 N–H and O–H groups in total. The van der Waals surface area contributed by atoms with Crippen LogP contribution in [0.4, 0.5) is 0 Å². The van der Waals surface area contributed by atoms with Crippen molar-refractivity contribution < 1.29 is 14.3 Å². The van der Waals surface area contributed by atoms with E-state index >= 15 is 0 Å². The highest BCUT2D eigenvalue weighted by molar-refractivity contribution is 5.79. The Bertz CT molecular complexity index is 946. The van der Waals surface area contributed by atoms with Crippen molar-refractivity contribution in [3.05, 3.63) is 52.8 Å². The molecule has 7 nitrogen and oxygen atoms in total. The van der Waals surface area contributed by atoms with Gasteiger partial charge in [-0.05, 0) is 56.2 Å². The van der Waals surface area contributed by atoms with Gasteiger partial charge in [-0.25, -0.2) is 4.98 Å². The van der Waals surface area contributed by atoms with E-state index in [1.807, 2.05) is 32.0 Å². The lowest BCUT2D eigenvalue weighted by Gasteiger charge is -2.38. The standard InChI is InChI=1S/C23H28N4O3/c1-15(2)30-22-8-6-19(26-21(22)10-24)14-29-20-7-5-17(16(3)9-20)11-27-12-18(13-27)23(28)25-4/h5-9,15,18H,11-14H2,1-4H3,(H,25,28). The number of carbonyl (C=O) groups excluding carboxylic acids is 1. The second-order valence-corrected chi connectivity index (χ2v) is 7.81. The van der Waals surface area contributed by atoms with Gasteiger partial charge in [0.2, 0.25) is 5.91 Å². The summed E-state index contributed by atoms with van der Waals surface area (Å²) < 4.78 is 11.5. The lowest BCUT2D eigenvalue weighted by atomic mass is 9.97. The molecule has 0 bridgehead atoms. The third-order valence-electron chi connectivity index (χ3n) is 5.05. The number of ether oxygens (including phenoxy) is 2. The van der Waals surface area contributed by atoms with Crippen LogP contribution in [0, 0.1) is 24.2 Å². The molecular weight excluding hydrogens is 380 g/mol. The van der Waals surface area contributed by atoms with Gasteiger partial charge in [-0.15, -0.1) is 0 Å². The minimum Gasteiger partial charge on any atom is -0.488 e. The second kappa shape index (κ2) is 9.59. The maximum absolute atomic E-state index is 11.6. The lowest BCUT2D eigenvalue weighted by Crippen LogP contribution is -2.52. The number of aromatic nitrogens is 1. The van der Waals surface area contributed by atoms with E-state index in [-0.39, 0.29) is 30.2 Å². The van der Waals surface area contributed by atoms with Crippen molar-refractivity contribution in [1.82, 2.24) is 15.2 Å². The van der Waals surface area contributed by atoms with Gasteiger partial charge in [0.05, 0.1) is 17.7 Å². The maximum atomic E-state index is 11.6. The first kappa shape index (κ1) is 21.6. The van der Waals surface area contributed by atoms with E-state index in [1.165, 1.54) is 5.56 Å². The van der Waals surface area contributed by atoms with Gasteiger partial charge >= 0.3 is 0 Å². The molecule has 0 radical (unpaired) electrons. The largest absolute Gasteiger partial charge is 0.488 e. The molecule has 0 saturated carbocycles. The molecular formula is C23H28N4O3. The number of hydrogen-bond acceptors (Lipinski definition) is 6. The average Bonchev–Trinajstić information content (AvgIpc) is 2.69. The Morgan fingerprint density at radius 3 is 2.73 bits per heavy atom. The number of aryl methyl sites for hydroxylation is 1. The van der Waals surface area contributed by atoms with Gasteiger partial charge in [0.25, 0.3) is 0 Å². The van der Waals surface area contributed by atoms with Crippen LogP contribution in [0.15, 0.2) is 30.3 Å². The molecule has 1 amide bonds. The third kappa shape index (κ3) is 5.28. The molecule has 0 spiro atoms. The van der Waals surface area contributed by atoms with Crippen LogP contribution in [0.1, 0.15) is 36.4 Å². The van der Waals surface area contributed by atoms with Gasteiger partial charge in [-0.1, -0.05) is 6.07 Å². The first-order chi connectivity index (χ1) is 14.4. The molecule has 7 heteroatoms. The third-order valence-corrected chi connectivity index (χ3v) is 5.05. The summed E-state index contributed by atoms with van der Waals surface area (Å²) in [5.74, 6) is 1.46. The normalized spacial score (nSPS) is 14.1. The van der Waals surface area contributed by atoms with Crippen LogP contribution < -0.4 is 14.8 Å². The molecule has 158 valence electrons. The number of nitrogens with zero attached hydrogens (tertiary/aromatic N) is 3. The quantitative estimate of drug-likeness (QED) is 0.723. The van der Waals surface area contributed by atoms with Crippen LogP contribution in [0.2, 0.25) is 0 Å². The zero-order chi connectivity index (χ0) is 21.7. The Balaban J connectivity index is 1.56. The fourth-order valence-corrected chi connectivity index (χ4v) is 3.40. The van der Waals surface area contributed by atoms with E-state index in [0.29, 0.717) is 11.4 Å². The van der Waals surface area contributed by atoms with Crippen molar-refractivity contribution in [1.29, 1.82) is 5.26 Å². The zero-order valence-corrected chi connectivity index (χ0v) is 17.9. The Hall–Kier alpha value is -3.11. The van der Waals surface area contributed by atoms with Crippen molar-refractivity contribution >= 4 is 5.91 Å². The van der Waals surface area contributed by atoms with E-state index in [9.17, 15) is 10.1 Å². The van der Waals surface area contributed by atoms with E-state index < -0.39 is 0 Å². The van der Waals surface area contributed by atoms with Crippen LogP contribution in [0.5, 0.6) is 11.5 Å². The molecule has 1 fully saturated rings. The van der Waals surface area contributed by atoms with Crippen molar-refractivity contribution in [3.63, 3.8) is 0 Å².